The quantitative estimate of drug-likeness (QED) is 0.436. The van der Waals surface area contributed by atoms with Crippen molar-refractivity contribution >= 4 is 5.97 Å². The summed E-state index contributed by atoms with van der Waals surface area (Å²) >= 11 is 0. The molecule has 2 rings (SSSR count). The van der Waals surface area contributed by atoms with Crippen molar-refractivity contribution in [2.24, 2.45) is 0 Å². The number of rotatable bonds is 5. The van der Waals surface area contributed by atoms with Crippen molar-refractivity contribution in [3.05, 3.63) is 35.4 Å². The summed E-state index contributed by atoms with van der Waals surface area (Å²) in [6.07, 6.45) is 2.25. The molecule has 17 heavy (non-hydrogen) atoms. The molecule has 0 amide bonds. The average Bonchev–Trinajstić information content (AvgIpc) is 3.02. The summed E-state index contributed by atoms with van der Waals surface area (Å²) in [4.78, 5) is 10.7. The Morgan fingerprint density at radius 2 is 2.00 bits per heavy atom. The van der Waals surface area contributed by atoms with Gasteiger partial charge in [0.15, 0.2) is 0 Å². The van der Waals surface area contributed by atoms with E-state index in [1.165, 1.54) is 11.1 Å². The van der Waals surface area contributed by atoms with Gasteiger partial charge in [0.25, 0.3) is 0 Å². The molecular formula is C13H15NaO3. The van der Waals surface area contributed by atoms with Crippen LogP contribution in [0.2, 0.25) is 0 Å². The molecule has 0 bridgehead atoms. The second-order valence-corrected chi connectivity index (χ2v) is 4.41. The van der Waals surface area contributed by atoms with Crippen LogP contribution in [0.4, 0.5) is 0 Å². The van der Waals surface area contributed by atoms with Gasteiger partial charge in [0.05, 0.1) is 12.6 Å². The first-order valence-corrected chi connectivity index (χ1v) is 5.53. The molecule has 1 heterocycles. The van der Waals surface area contributed by atoms with Gasteiger partial charge in [0.2, 0.25) is 0 Å². The van der Waals surface area contributed by atoms with Crippen LogP contribution in [0.5, 0.6) is 0 Å². The standard InChI is InChI=1S/C13H16O3.Na/c1-10-4-6-11(7-5-10)3-2-8-13(9-16-13)12(14)15;/h4-7H,2-3,8-9H2,1H3,(H,14,15);/q;+1/p-1. The van der Waals surface area contributed by atoms with E-state index in [2.05, 4.69) is 24.3 Å². The van der Waals surface area contributed by atoms with Gasteiger partial charge in [0, 0.05) is 0 Å². The number of carbonyl (C=O) groups excluding carboxylic acids is 1. The predicted molar refractivity (Wildman–Crippen MR) is 57.8 cm³/mol. The molecule has 3 nitrogen and oxygen atoms in total. The van der Waals surface area contributed by atoms with E-state index in [1.54, 1.807) is 0 Å². The molecule has 1 fully saturated rings. The van der Waals surface area contributed by atoms with Crippen molar-refractivity contribution in [3.63, 3.8) is 0 Å². The number of hydrogen-bond acceptors (Lipinski definition) is 3. The van der Waals surface area contributed by atoms with E-state index in [0.717, 1.165) is 12.8 Å². The van der Waals surface area contributed by atoms with Crippen molar-refractivity contribution in [1.29, 1.82) is 0 Å². The van der Waals surface area contributed by atoms with E-state index in [9.17, 15) is 9.90 Å². The first kappa shape index (κ1) is 14.7. The third-order valence-electron chi connectivity index (χ3n) is 3.03. The number of carbonyl (C=O) groups is 1. The fourth-order valence-corrected chi connectivity index (χ4v) is 1.78. The number of benzene rings is 1. The zero-order valence-electron chi connectivity index (χ0n) is 10.4. The molecule has 1 aromatic carbocycles. The molecule has 0 saturated carbocycles. The van der Waals surface area contributed by atoms with E-state index in [-0.39, 0.29) is 29.6 Å². The molecule has 0 N–H and O–H groups in total. The maximum atomic E-state index is 10.7. The normalized spacial score (nSPS) is 21.7. The number of aryl methyl sites for hydroxylation is 2. The van der Waals surface area contributed by atoms with Crippen LogP contribution < -0.4 is 34.7 Å². The van der Waals surface area contributed by atoms with Gasteiger partial charge in [-0.15, -0.1) is 0 Å². The molecule has 1 saturated heterocycles. The van der Waals surface area contributed by atoms with Gasteiger partial charge in [0.1, 0.15) is 5.60 Å². The summed E-state index contributed by atoms with van der Waals surface area (Å²) in [5.41, 5.74) is 1.50. The van der Waals surface area contributed by atoms with E-state index < -0.39 is 11.6 Å². The Bertz CT molecular complexity index is 382. The maximum absolute atomic E-state index is 10.7. The molecule has 0 aliphatic carbocycles. The third kappa shape index (κ3) is 3.81. The molecule has 0 spiro atoms. The van der Waals surface area contributed by atoms with Crippen molar-refractivity contribution in [2.45, 2.75) is 31.8 Å². The SMILES string of the molecule is Cc1ccc(CCCC2(C(=O)[O-])CO2)cc1.[Na+]. The van der Waals surface area contributed by atoms with E-state index in [0.29, 0.717) is 13.0 Å². The minimum atomic E-state index is -1.07. The van der Waals surface area contributed by atoms with Crippen LogP contribution in [0.15, 0.2) is 24.3 Å². The number of hydrogen-bond donors (Lipinski definition) is 0. The van der Waals surface area contributed by atoms with Gasteiger partial charge >= 0.3 is 29.6 Å². The first-order chi connectivity index (χ1) is 7.62. The first-order valence-electron chi connectivity index (χ1n) is 5.53. The summed E-state index contributed by atoms with van der Waals surface area (Å²) < 4.78 is 4.95. The fraction of sp³-hybridized carbons (Fsp3) is 0.462. The van der Waals surface area contributed by atoms with E-state index in [1.807, 2.05) is 6.92 Å². The van der Waals surface area contributed by atoms with Crippen LogP contribution in [0.25, 0.3) is 0 Å². The van der Waals surface area contributed by atoms with Crippen LogP contribution in [-0.4, -0.2) is 18.2 Å². The Balaban J connectivity index is 0.00000144. The molecule has 1 unspecified atom stereocenters. The molecule has 1 aliphatic rings. The van der Waals surface area contributed by atoms with Crippen LogP contribution in [0.3, 0.4) is 0 Å². The van der Waals surface area contributed by atoms with Gasteiger partial charge < -0.3 is 14.6 Å². The molecule has 1 aliphatic heterocycles. The zero-order chi connectivity index (χ0) is 11.6. The molecule has 4 heteroatoms. The van der Waals surface area contributed by atoms with Crippen molar-refractivity contribution in [2.75, 3.05) is 6.61 Å². The Hall–Kier alpha value is -0.350. The van der Waals surface area contributed by atoms with Crippen LogP contribution >= 0.6 is 0 Å². The summed E-state index contributed by atoms with van der Waals surface area (Å²) in [6, 6.07) is 8.29. The number of epoxide rings is 1. The Labute approximate surface area is 123 Å². The van der Waals surface area contributed by atoms with Gasteiger partial charge in [-0.2, -0.15) is 0 Å². The van der Waals surface area contributed by atoms with Crippen LogP contribution in [0.1, 0.15) is 24.0 Å². The minimum Gasteiger partial charge on any atom is -0.547 e. The van der Waals surface area contributed by atoms with Crippen LogP contribution in [0, 0.1) is 6.92 Å². The van der Waals surface area contributed by atoms with Crippen molar-refractivity contribution in [1.82, 2.24) is 0 Å². The molecule has 0 radical (unpaired) electrons. The zero-order valence-corrected chi connectivity index (χ0v) is 12.4. The van der Waals surface area contributed by atoms with Gasteiger partial charge in [-0.25, -0.2) is 0 Å². The maximum Gasteiger partial charge on any atom is 1.00 e. The second-order valence-electron chi connectivity index (χ2n) is 4.41. The second kappa shape index (κ2) is 6.01. The fourth-order valence-electron chi connectivity index (χ4n) is 1.78. The number of ether oxygens (including phenoxy) is 1. The van der Waals surface area contributed by atoms with Crippen molar-refractivity contribution in [3.8, 4) is 0 Å². The summed E-state index contributed by atoms with van der Waals surface area (Å²) in [5.74, 6) is -1.07. The summed E-state index contributed by atoms with van der Waals surface area (Å²) in [7, 11) is 0. The number of carboxylic acid groups (broad SMARTS) is 1. The van der Waals surface area contributed by atoms with Crippen molar-refractivity contribution < 1.29 is 44.2 Å². The minimum absolute atomic E-state index is 0. The molecule has 0 aromatic heterocycles. The largest absolute Gasteiger partial charge is 1.00 e. The van der Waals surface area contributed by atoms with Gasteiger partial charge in [-0.3, -0.25) is 0 Å². The Morgan fingerprint density at radius 3 is 2.47 bits per heavy atom. The average molecular weight is 242 g/mol. The molecule has 86 valence electrons. The molecular weight excluding hydrogens is 227 g/mol. The topological polar surface area (TPSA) is 52.7 Å². The molecule has 1 atom stereocenters. The molecule has 1 aromatic rings. The monoisotopic (exact) mass is 242 g/mol. The number of carboxylic acids is 1. The van der Waals surface area contributed by atoms with E-state index >= 15 is 0 Å². The summed E-state index contributed by atoms with van der Waals surface area (Å²) in [6.45, 7) is 2.36. The predicted octanol–water partition coefficient (Wildman–Crippen LogP) is -2.16. The van der Waals surface area contributed by atoms with Gasteiger partial charge in [-0.05, 0) is 31.7 Å². The van der Waals surface area contributed by atoms with Crippen LogP contribution in [-0.2, 0) is 16.0 Å². The van der Waals surface area contributed by atoms with Gasteiger partial charge in [-0.1, -0.05) is 29.8 Å². The Morgan fingerprint density at radius 1 is 1.41 bits per heavy atom. The number of aliphatic carboxylic acids is 1. The van der Waals surface area contributed by atoms with E-state index in [4.69, 9.17) is 4.74 Å². The Kier molecular flexibility index (Phi) is 5.20. The summed E-state index contributed by atoms with van der Waals surface area (Å²) in [5, 5.41) is 10.7. The smallest absolute Gasteiger partial charge is 0.547 e. The third-order valence-corrected chi connectivity index (χ3v) is 3.03.